The highest BCUT2D eigenvalue weighted by molar-refractivity contribution is 9.10. The Morgan fingerprint density at radius 2 is 2.00 bits per heavy atom. The van der Waals surface area contributed by atoms with Crippen LogP contribution < -0.4 is 0 Å². The SMILES string of the molecule is CC(C)(C)S(=O)(=O)N1CCn2ncc(Br)c2C1. The molecule has 1 aromatic heterocycles. The second-order valence-electron chi connectivity index (χ2n) is 5.11. The molecule has 0 radical (unpaired) electrons. The maximum absolute atomic E-state index is 12.3. The number of nitrogens with zero attached hydrogens (tertiary/aromatic N) is 3. The van der Waals surface area contributed by atoms with Crippen LogP contribution in [0.5, 0.6) is 0 Å². The van der Waals surface area contributed by atoms with Crippen molar-refractivity contribution in [1.82, 2.24) is 14.1 Å². The maximum Gasteiger partial charge on any atom is 0.219 e. The van der Waals surface area contributed by atoms with Crippen molar-refractivity contribution in [3.63, 3.8) is 0 Å². The quantitative estimate of drug-likeness (QED) is 0.789. The van der Waals surface area contributed by atoms with Gasteiger partial charge in [0.05, 0.1) is 34.2 Å². The Morgan fingerprint density at radius 1 is 1.35 bits per heavy atom. The summed E-state index contributed by atoms with van der Waals surface area (Å²) in [6.07, 6.45) is 1.71. The summed E-state index contributed by atoms with van der Waals surface area (Å²) in [5, 5.41) is 4.18. The van der Waals surface area contributed by atoms with E-state index in [1.165, 1.54) is 4.31 Å². The summed E-state index contributed by atoms with van der Waals surface area (Å²) < 4.78 is 28.1. The first-order valence-corrected chi connectivity index (χ1v) is 7.66. The first-order valence-electron chi connectivity index (χ1n) is 5.43. The van der Waals surface area contributed by atoms with Gasteiger partial charge in [0.15, 0.2) is 0 Å². The number of sulfonamides is 1. The van der Waals surface area contributed by atoms with E-state index in [9.17, 15) is 8.42 Å². The molecule has 0 aromatic carbocycles. The van der Waals surface area contributed by atoms with Crippen molar-refractivity contribution in [1.29, 1.82) is 0 Å². The van der Waals surface area contributed by atoms with Gasteiger partial charge in [-0.25, -0.2) is 8.42 Å². The van der Waals surface area contributed by atoms with E-state index >= 15 is 0 Å². The van der Waals surface area contributed by atoms with Crippen LogP contribution in [0, 0.1) is 0 Å². The van der Waals surface area contributed by atoms with Gasteiger partial charge < -0.3 is 0 Å². The molecule has 1 aromatic rings. The number of aromatic nitrogens is 2. The molecule has 2 heterocycles. The standard InChI is InChI=1S/C10H16BrN3O2S/c1-10(2,3)17(15,16)13-4-5-14-9(7-13)8(11)6-12-14/h6H,4-5,7H2,1-3H3. The normalized spacial score (nSPS) is 18.1. The molecule has 0 saturated heterocycles. The lowest BCUT2D eigenvalue weighted by atomic mass is 10.3. The van der Waals surface area contributed by atoms with Gasteiger partial charge in [0.1, 0.15) is 0 Å². The molecule has 0 N–H and O–H groups in total. The first-order chi connectivity index (χ1) is 7.73. The molecule has 7 heteroatoms. The molecule has 0 saturated carbocycles. The van der Waals surface area contributed by atoms with E-state index in [0.717, 1.165) is 10.2 Å². The van der Waals surface area contributed by atoms with Crippen molar-refractivity contribution in [2.75, 3.05) is 6.54 Å². The Bertz CT molecular complexity index is 530. The number of hydrogen-bond donors (Lipinski definition) is 0. The molecule has 1 aliphatic rings. The minimum atomic E-state index is -3.27. The highest BCUT2D eigenvalue weighted by Gasteiger charge is 2.37. The molecule has 96 valence electrons. The lowest BCUT2D eigenvalue weighted by Crippen LogP contribution is -2.46. The molecule has 0 amide bonds. The molecule has 17 heavy (non-hydrogen) atoms. The third-order valence-corrected chi connectivity index (χ3v) is 6.10. The van der Waals surface area contributed by atoms with Gasteiger partial charge in [-0.3, -0.25) is 4.68 Å². The first kappa shape index (κ1) is 13.0. The van der Waals surface area contributed by atoms with Gasteiger partial charge in [0, 0.05) is 6.54 Å². The Balaban J connectivity index is 2.33. The Hall–Kier alpha value is -0.400. The predicted molar refractivity (Wildman–Crippen MR) is 69.0 cm³/mol. The molecule has 0 unspecified atom stereocenters. The molecule has 1 aliphatic heterocycles. The van der Waals surface area contributed by atoms with Crippen LogP contribution in [0.3, 0.4) is 0 Å². The largest absolute Gasteiger partial charge is 0.266 e. The third-order valence-electron chi connectivity index (χ3n) is 2.90. The molecule has 2 rings (SSSR count). The smallest absolute Gasteiger partial charge is 0.219 e. The summed E-state index contributed by atoms with van der Waals surface area (Å²) in [5.74, 6) is 0. The average molecular weight is 322 g/mol. The molecule has 0 bridgehead atoms. The molecule has 0 spiro atoms. The van der Waals surface area contributed by atoms with Gasteiger partial charge in [-0.2, -0.15) is 9.40 Å². The minimum absolute atomic E-state index is 0.389. The molecule has 5 nitrogen and oxygen atoms in total. The van der Waals surface area contributed by atoms with Crippen molar-refractivity contribution in [3.8, 4) is 0 Å². The second kappa shape index (κ2) is 4.07. The average Bonchev–Trinajstić information content (AvgIpc) is 2.58. The predicted octanol–water partition coefficient (Wildman–Crippen LogP) is 1.59. The fourth-order valence-corrected chi connectivity index (χ4v) is 3.59. The maximum atomic E-state index is 12.3. The number of fused-ring (bicyclic) bond motifs is 1. The van der Waals surface area contributed by atoms with Crippen molar-refractivity contribution in [3.05, 3.63) is 16.4 Å². The Morgan fingerprint density at radius 3 is 2.59 bits per heavy atom. The number of halogens is 1. The lowest BCUT2D eigenvalue weighted by molar-refractivity contribution is 0.317. The fraction of sp³-hybridized carbons (Fsp3) is 0.700. The van der Waals surface area contributed by atoms with E-state index < -0.39 is 14.8 Å². The molecular formula is C10H16BrN3O2S. The van der Waals surface area contributed by atoms with Gasteiger partial charge in [0.2, 0.25) is 10.0 Å². The van der Waals surface area contributed by atoms with E-state index in [-0.39, 0.29) is 0 Å². The highest BCUT2D eigenvalue weighted by Crippen LogP contribution is 2.27. The van der Waals surface area contributed by atoms with Crippen LogP contribution in [0.4, 0.5) is 0 Å². The lowest BCUT2D eigenvalue weighted by Gasteiger charge is -2.32. The molecular weight excluding hydrogens is 306 g/mol. The van der Waals surface area contributed by atoms with Crippen LogP contribution in [0.2, 0.25) is 0 Å². The van der Waals surface area contributed by atoms with Gasteiger partial charge in [-0.15, -0.1) is 0 Å². The van der Waals surface area contributed by atoms with Crippen LogP contribution in [0.1, 0.15) is 26.5 Å². The zero-order valence-corrected chi connectivity index (χ0v) is 12.5. The fourth-order valence-electron chi connectivity index (χ4n) is 1.78. The topological polar surface area (TPSA) is 55.2 Å². The van der Waals surface area contributed by atoms with Crippen LogP contribution in [0.15, 0.2) is 10.7 Å². The van der Waals surface area contributed by atoms with E-state index in [1.807, 2.05) is 4.68 Å². The van der Waals surface area contributed by atoms with E-state index in [1.54, 1.807) is 27.0 Å². The minimum Gasteiger partial charge on any atom is -0.266 e. The highest BCUT2D eigenvalue weighted by atomic mass is 79.9. The zero-order chi connectivity index (χ0) is 12.8. The second-order valence-corrected chi connectivity index (χ2v) is 8.66. The van der Waals surface area contributed by atoms with Crippen LogP contribution in [-0.2, 0) is 23.1 Å². The van der Waals surface area contributed by atoms with Crippen LogP contribution >= 0.6 is 15.9 Å². The molecule has 0 atom stereocenters. The van der Waals surface area contributed by atoms with Crippen molar-refractivity contribution >= 4 is 26.0 Å². The van der Waals surface area contributed by atoms with Gasteiger partial charge in [-0.05, 0) is 36.7 Å². The van der Waals surface area contributed by atoms with Gasteiger partial charge in [-0.1, -0.05) is 0 Å². The van der Waals surface area contributed by atoms with E-state index in [0.29, 0.717) is 19.6 Å². The van der Waals surface area contributed by atoms with Crippen LogP contribution in [0.25, 0.3) is 0 Å². The Kier molecular flexibility index (Phi) is 3.12. The van der Waals surface area contributed by atoms with Crippen molar-refractivity contribution in [2.45, 2.75) is 38.6 Å². The van der Waals surface area contributed by atoms with Gasteiger partial charge >= 0.3 is 0 Å². The summed E-state index contributed by atoms with van der Waals surface area (Å²) in [5.41, 5.74) is 0.920. The zero-order valence-electron chi connectivity index (χ0n) is 10.1. The monoisotopic (exact) mass is 321 g/mol. The number of hydrogen-bond acceptors (Lipinski definition) is 3. The van der Waals surface area contributed by atoms with Crippen molar-refractivity contribution < 1.29 is 8.42 Å². The summed E-state index contributed by atoms with van der Waals surface area (Å²) in [4.78, 5) is 0. The molecule has 0 fully saturated rings. The molecule has 0 aliphatic carbocycles. The third kappa shape index (κ3) is 2.15. The van der Waals surface area contributed by atoms with Crippen molar-refractivity contribution in [2.24, 2.45) is 0 Å². The van der Waals surface area contributed by atoms with Gasteiger partial charge in [0.25, 0.3) is 0 Å². The summed E-state index contributed by atoms with van der Waals surface area (Å²) in [6, 6.07) is 0. The summed E-state index contributed by atoms with van der Waals surface area (Å²) >= 11 is 3.39. The Labute approximate surface area is 110 Å². The number of rotatable bonds is 1. The van der Waals surface area contributed by atoms with Crippen LogP contribution in [-0.4, -0.2) is 33.8 Å². The summed E-state index contributed by atoms with van der Waals surface area (Å²) in [7, 11) is -3.27. The summed E-state index contributed by atoms with van der Waals surface area (Å²) in [6.45, 7) is 6.66. The van der Waals surface area contributed by atoms with E-state index in [4.69, 9.17) is 0 Å². The van der Waals surface area contributed by atoms with E-state index in [2.05, 4.69) is 21.0 Å².